The highest BCUT2D eigenvalue weighted by Gasteiger charge is 2.26. The van der Waals surface area contributed by atoms with Gasteiger partial charge in [-0.1, -0.05) is 31.0 Å². The van der Waals surface area contributed by atoms with Crippen LogP contribution >= 0.6 is 0 Å². The third kappa shape index (κ3) is 4.18. The van der Waals surface area contributed by atoms with Gasteiger partial charge < -0.3 is 15.0 Å². The normalized spacial score (nSPS) is 18.9. The van der Waals surface area contributed by atoms with Crippen molar-refractivity contribution in [1.82, 2.24) is 5.32 Å². The third-order valence-corrected chi connectivity index (χ3v) is 5.64. The number of nitrogens with zero attached hydrogens (tertiary/aromatic N) is 2. The molecule has 2 aliphatic heterocycles. The predicted molar refractivity (Wildman–Crippen MR) is 111 cm³/mol. The molecule has 0 aliphatic carbocycles. The molecule has 7 heteroatoms. The van der Waals surface area contributed by atoms with Gasteiger partial charge in [0.1, 0.15) is 11.4 Å². The fourth-order valence-corrected chi connectivity index (χ4v) is 4.12. The van der Waals surface area contributed by atoms with E-state index in [1.807, 2.05) is 24.3 Å². The molecule has 0 radical (unpaired) electrons. The summed E-state index contributed by atoms with van der Waals surface area (Å²) >= 11 is 0. The molecule has 0 bridgehead atoms. The molecule has 2 aliphatic rings. The van der Waals surface area contributed by atoms with Gasteiger partial charge in [-0.05, 0) is 31.0 Å². The number of nitrogens with one attached hydrogen (secondary N) is 1. The van der Waals surface area contributed by atoms with E-state index in [0.29, 0.717) is 24.3 Å². The van der Waals surface area contributed by atoms with Crippen LogP contribution in [0.2, 0.25) is 0 Å². The number of amides is 1. The molecule has 2 heterocycles. The summed E-state index contributed by atoms with van der Waals surface area (Å²) < 4.78 is 5.64. The molecule has 0 aromatic heterocycles. The standard InChI is InChI=1S/C22H25N3O4/c26-22(23-18-11-14-29-21-8-4-3-7-17(18)21)16-9-10-19(20(15-16)25(27)28)24-12-5-1-2-6-13-24/h3-4,7-10,15,18H,1-2,5-6,11-14H2,(H,23,26)/t18-/m0/s1. The second-order valence-electron chi connectivity index (χ2n) is 7.56. The van der Waals surface area contributed by atoms with Gasteiger partial charge in [-0.3, -0.25) is 14.9 Å². The summed E-state index contributed by atoms with van der Waals surface area (Å²) in [4.78, 5) is 26.2. The van der Waals surface area contributed by atoms with Crippen LogP contribution in [0.15, 0.2) is 42.5 Å². The van der Waals surface area contributed by atoms with E-state index in [9.17, 15) is 14.9 Å². The fraction of sp³-hybridized carbons (Fsp3) is 0.409. The maximum absolute atomic E-state index is 12.9. The number of nitro groups is 1. The Kier molecular flexibility index (Phi) is 5.64. The number of ether oxygens (including phenoxy) is 1. The van der Waals surface area contributed by atoms with Crippen molar-refractivity contribution in [2.45, 2.75) is 38.1 Å². The summed E-state index contributed by atoms with van der Waals surface area (Å²) in [6.45, 7) is 2.15. The molecule has 2 aromatic rings. The van der Waals surface area contributed by atoms with E-state index in [2.05, 4.69) is 10.2 Å². The van der Waals surface area contributed by atoms with Gasteiger partial charge >= 0.3 is 0 Å². The van der Waals surface area contributed by atoms with Crippen molar-refractivity contribution in [2.24, 2.45) is 0 Å². The second kappa shape index (κ2) is 8.51. The zero-order valence-electron chi connectivity index (χ0n) is 16.3. The Morgan fingerprint density at radius 2 is 1.86 bits per heavy atom. The molecule has 1 amide bonds. The molecule has 0 saturated carbocycles. The van der Waals surface area contributed by atoms with E-state index < -0.39 is 0 Å². The lowest BCUT2D eigenvalue weighted by atomic mass is 10.00. The minimum atomic E-state index is -0.388. The van der Waals surface area contributed by atoms with Crippen LogP contribution in [0, 0.1) is 10.1 Å². The van der Waals surface area contributed by atoms with E-state index in [0.717, 1.165) is 50.1 Å². The van der Waals surface area contributed by atoms with Crippen LogP contribution in [0.5, 0.6) is 5.75 Å². The Balaban J connectivity index is 1.56. The molecule has 29 heavy (non-hydrogen) atoms. The maximum Gasteiger partial charge on any atom is 0.293 e. The number of fused-ring (bicyclic) bond motifs is 1. The molecular weight excluding hydrogens is 370 g/mol. The largest absolute Gasteiger partial charge is 0.493 e. The van der Waals surface area contributed by atoms with Crippen molar-refractivity contribution in [3.63, 3.8) is 0 Å². The van der Waals surface area contributed by atoms with Crippen molar-refractivity contribution in [2.75, 3.05) is 24.6 Å². The first-order chi connectivity index (χ1) is 14.1. The molecule has 4 rings (SSSR count). The van der Waals surface area contributed by atoms with Crippen molar-refractivity contribution in [3.05, 3.63) is 63.7 Å². The summed E-state index contributed by atoms with van der Waals surface area (Å²) in [6.07, 6.45) is 5.02. The van der Waals surface area contributed by atoms with Gasteiger partial charge in [0.2, 0.25) is 0 Å². The van der Waals surface area contributed by atoms with Crippen LogP contribution in [0.3, 0.4) is 0 Å². The smallest absolute Gasteiger partial charge is 0.293 e. The van der Waals surface area contributed by atoms with Gasteiger partial charge in [0, 0.05) is 36.7 Å². The Morgan fingerprint density at radius 3 is 2.62 bits per heavy atom. The number of carbonyl (C=O) groups excluding carboxylic acids is 1. The van der Waals surface area contributed by atoms with E-state index in [1.165, 1.54) is 6.07 Å². The number of nitro benzene ring substituents is 1. The summed E-state index contributed by atoms with van der Waals surface area (Å²) in [5, 5.41) is 14.7. The highest BCUT2D eigenvalue weighted by atomic mass is 16.6. The summed E-state index contributed by atoms with van der Waals surface area (Å²) in [6, 6.07) is 12.3. The highest BCUT2D eigenvalue weighted by molar-refractivity contribution is 5.96. The Hall–Kier alpha value is -3.09. The number of para-hydroxylation sites is 1. The van der Waals surface area contributed by atoms with Crippen molar-refractivity contribution < 1.29 is 14.5 Å². The fourth-order valence-electron chi connectivity index (χ4n) is 4.12. The highest BCUT2D eigenvalue weighted by Crippen LogP contribution is 2.33. The first kappa shape index (κ1) is 19.2. The predicted octanol–water partition coefficient (Wildman–Crippen LogP) is 4.23. The molecule has 152 valence electrons. The lowest BCUT2D eigenvalue weighted by molar-refractivity contribution is -0.384. The Labute approximate surface area is 169 Å². The number of anilines is 1. The Morgan fingerprint density at radius 1 is 1.10 bits per heavy atom. The van der Waals surface area contributed by atoms with Gasteiger partial charge in [-0.15, -0.1) is 0 Å². The number of hydrogen-bond acceptors (Lipinski definition) is 5. The molecule has 0 spiro atoms. The van der Waals surface area contributed by atoms with Gasteiger partial charge in [-0.2, -0.15) is 0 Å². The minimum Gasteiger partial charge on any atom is -0.493 e. The van der Waals surface area contributed by atoms with Gasteiger partial charge in [0.15, 0.2) is 0 Å². The van der Waals surface area contributed by atoms with Crippen molar-refractivity contribution in [1.29, 1.82) is 0 Å². The molecule has 1 atom stereocenters. The molecule has 1 fully saturated rings. The topological polar surface area (TPSA) is 84.7 Å². The molecule has 1 saturated heterocycles. The molecule has 2 aromatic carbocycles. The lowest BCUT2D eigenvalue weighted by Crippen LogP contribution is -2.32. The number of benzene rings is 2. The number of rotatable bonds is 4. The van der Waals surface area contributed by atoms with Crippen LogP contribution in [0.1, 0.15) is 54.1 Å². The SMILES string of the molecule is O=C(N[C@H]1CCOc2ccccc21)c1ccc(N2CCCCCC2)c([N+](=O)[O-])c1. The average molecular weight is 395 g/mol. The van der Waals surface area contributed by atoms with E-state index >= 15 is 0 Å². The first-order valence-electron chi connectivity index (χ1n) is 10.2. The second-order valence-corrected chi connectivity index (χ2v) is 7.56. The van der Waals surface area contributed by atoms with Gasteiger partial charge in [0.25, 0.3) is 11.6 Å². The first-order valence-corrected chi connectivity index (χ1v) is 10.2. The van der Waals surface area contributed by atoms with Gasteiger partial charge in [0.05, 0.1) is 17.6 Å². The third-order valence-electron chi connectivity index (χ3n) is 5.64. The van der Waals surface area contributed by atoms with Crippen LogP contribution in [0.25, 0.3) is 0 Å². The van der Waals surface area contributed by atoms with Crippen LogP contribution in [-0.2, 0) is 0 Å². The maximum atomic E-state index is 12.9. The molecule has 1 N–H and O–H groups in total. The molecule has 0 unspecified atom stereocenters. The summed E-state index contributed by atoms with van der Waals surface area (Å²) in [5.41, 5.74) is 1.83. The zero-order valence-corrected chi connectivity index (χ0v) is 16.3. The summed E-state index contributed by atoms with van der Waals surface area (Å²) in [5.74, 6) is 0.462. The minimum absolute atomic E-state index is 0.00747. The number of hydrogen-bond donors (Lipinski definition) is 1. The van der Waals surface area contributed by atoms with E-state index in [-0.39, 0.29) is 22.6 Å². The van der Waals surface area contributed by atoms with E-state index in [1.54, 1.807) is 12.1 Å². The van der Waals surface area contributed by atoms with Gasteiger partial charge in [-0.25, -0.2) is 0 Å². The average Bonchev–Trinajstić information content (AvgIpc) is 3.03. The number of carbonyl (C=O) groups is 1. The quantitative estimate of drug-likeness (QED) is 0.619. The van der Waals surface area contributed by atoms with Crippen molar-refractivity contribution >= 4 is 17.3 Å². The summed E-state index contributed by atoms with van der Waals surface area (Å²) in [7, 11) is 0. The van der Waals surface area contributed by atoms with E-state index in [4.69, 9.17) is 4.74 Å². The molecule has 7 nitrogen and oxygen atoms in total. The van der Waals surface area contributed by atoms with Crippen LogP contribution in [0.4, 0.5) is 11.4 Å². The monoisotopic (exact) mass is 395 g/mol. The Bertz CT molecular complexity index is 907. The lowest BCUT2D eigenvalue weighted by Gasteiger charge is -2.27. The van der Waals surface area contributed by atoms with Crippen LogP contribution in [-0.4, -0.2) is 30.5 Å². The van der Waals surface area contributed by atoms with Crippen LogP contribution < -0.4 is 15.0 Å². The van der Waals surface area contributed by atoms with Crippen molar-refractivity contribution in [3.8, 4) is 5.75 Å². The zero-order chi connectivity index (χ0) is 20.2. The molecular formula is C22H25N3O4.